The molecule has 1 aromatic heterocycles. The van der Waals surface area contributed by atoms with Gasteiger partial charge < -0.3 is 5.73 Å². The molecule has 0 aliphatic heterocycles. The molecule has 17 heavy (non-hydrogen) atoms. The minimum atomic E-state index is 0.551. The van der Waals surface area contributed by atoms with Crippen LogP contribution in [-0.2, 0) is 6.54 Å². The molecule has 2 N–H and O–H groups in total. The number of hydrogen-bond donors (Lipinski definition) is 1. The first-order chi connectivity index (χ1) is 8.26. The maximum Gasteiger partial charge on any atom is 0.0334 e. The predicted octanol–water partition coefficient (Wildman–Crippen LogP) is 3.09. The van der Waals surface area contributed by atoms with Gasteiger partial charge >= 0.3 is 0 Å². The van der Waals surface area contributed by atoms with Crippen molar-refractivity contribution < 1.29 is 0 Å². The van der Waals surface area contributed by atoms with E-state index in [1.165, 1.54) is 24.1 Å². The van der Waals surface area contributed by atoms with Crippen molar-refractivity contribution >= 4 is 11.3 Å². The molecule has 0 saturated heterocycles. The first-order valence-electron chi connectivity index (χ1n) is 6.74. The van der Waals surface area contributed by atoms with Crippen LogP contribution in [0.2, 0.25) is 0 Å². The Kier molecular flexibility index (Phi) is 4.60. The van der Waals surface area contributed by atoms with Crippen LogP contribution >= 0.6 is 11.3 Å². The highest BCUT2D eigenvalue weighted by Gasteiger charge is 2.35. The Bertz CT molecular complexity index is 319. The average molecular weight is 252 g/mol. The number of hydrogen-bond acceptors (Lipinski definition) is 3. The summed E-state index contributed by atoms with van der Waals surface area (Å²) >= 11 is 1.86. The smallest absolute Gasteiger partial charge is 0.0334 e. The molecule has 3 heteroatoms. The third-order valence-corrected chi connectivity index (χ3v) is 4.76. The van der Waals surface area contributed by atoms with E-state index in [0.29, 0.717) is 12.0 Å². The molecule has 1 aliphatic carbocycles. The highest BCUT2D eigenvalue weighted by molar-refractivity contribution is 7.09. The zero-order valence-corrected chi connectivity index (χ0v) is 11.7. The van der Waals surface area contributed by atoms with E-state index in [-0.39, 0.29) is 0 Å². The van der Waals surface area contributed by atoms with Crippen LogP contribution in [0.3, 0.4) is 0 Å². The van der Waals surface area contributed by atoms with Gasteiger partial charge in [-0.15, -0.1) is 11.3 Å². The van der Waals surface area contributed by atoms with E-state index in [1.54, 1.807) is 0 Å². The van der Waals surface area contributed by atoms with Crippen molar-refractivity contribution in [2.75, 3.05) is 6.54 Å². The first-order valence-corrected chi connectivity index (χ1v) is 7.62. The molecule has 1 fully saturated rings. The molecular formula is C14H24N2S. The van der Waals surface area contributed by atoms with Gasteiger partial charge in [0, 0.05) is 30.1 Å². The minimum absolute atomic E-state index is 0.551. The van der Waals surface area contributed by atoms with E-state index in [2.05, 4.69) is 36.3 Å². The largest absolute Gasteiger partial charge is 0.329 e. The van der Waals surface area contributed by atoms with Crippen molar-refractivity contribution in [1.82, 2.24) is 4.90 Å². The van der Waals surface area contributed by atoms with Gasteiger partial charge in [-0.05, 0) is 30.2 Å². The summed E-state index contributed by atoms with van der Waals surface area (Å²) in [6.45, 7) is 6.48. The first kappa shape index (κ1) is 13.1. The Labute approximate surface area is 109 Å². The van der Waals surface area contributed by atoms with Gasteiger partial charge in [-0.25, -0.2) is 0 Å². The number of nitrogens with two attached hydrogens (primary N) is 1. The molecule has 0 radical (unpaired) electrons. The quantitative estimate of drug-likeness (QED) is 0.808. The Hall–Kier alpha value is -0.380. The fraction of sp³-hybridized carbons (Fsp3) is 0.714. The number of nitrogens with zero attached hydrogens (tertiary/aromatic N) is 1. The summed E-state index contributed by atoms with van der Waals surface area (Å²) in [4.78, 5) is 4.12. The summed E-state index contributed by atoms with van der Waals surface area (Å²) < 4.78 is 0. The normalized spacial score (nSPS) is 19.5. The van der Waals surface area contributed by atoms with Crippen LogP contribution in [0.25, 0.3) is 0 Å². The van der Waals surface area contributed by atoms with Crippen molar-refractivity contribution in [3.8, 4) is 0 Å². The maximum atomic E-state index is 6.01. The van der Waals surface area contributed by atoms with Gasteiger partial charge in [0.15, 0.2) is 0 Å². The Morgan fingerprint density at radius 3 is 2.76 bits per heavy atom. The third kappa shape index (κ3) is 3.30. The van der Waals surface area contributed by atoms with Crippen LogP contribution in [0.15, 0.2) is 17.5 Å². The topological polar surface area (TPSA) is 29.3 Å². The maximum absolute atomic E-state index is 6.01. The van der Waals surface area contributed by atoms with E-state index in [1.807, 2.05) is 11.3 Å². The monoisotopic (exact) mass is 252 g/mol. The van der Waals surface area contributed by atoms with E-state index in [4.69, 9.17) is 5.73 Å². The SMILES string of the molecule is CCC(C)C(CN)N(Cc1cccs1)C1CC1. The van der Waals surface area contributed by atoms with Crippen LogP contribution in [0, 0.1) is 5.92 Å². The van der Waals surface area contributed by atoms with Gasteiger partial charge in [0.05, 0.1) is 0 Å². The standard InChI is InChI=1S/C14H24N2S/c1-3-11(2)14(9-15)16(12-6-7-12)10-13-5-4-8-17-13/h4-5,8,11-12,14H,3,6-7,9-10,15H2,1-2H3. The van der Waals surface area contributed by atoms with Gasteiger partial charge in [-0.3, -0.25) is 4.90 Å². The summed E-state index contributed by atoms with van der Waals surface area (Å²) in [7, 11) is 0. The predicted molar refractivity (Wildman–Crippen MR) is 75.2 cm³/mol. The molecule has 0 bridgehead atoms. The Morgan fingerprint density at radius 2 is 2.29 bits per heavy atom. The van der Waals surface area contributed by atoms with Crippen LogP contribution < -0.4 is 5.73 Å². The average Bonchev–Trinajstić information content (AvgIpc) is 3.06. The van der Waals surface area contributed by atoms with E-state index >= 15 is 0 Å². The zero-order valence-electron chi connectivity index (χ0n) is 10.9. The summed E-state index contributed by atoms with van der Waals surface area (Å²) in [6.07, 6.45) is 3.94. The molecule has 0 spiro atoms. The Balaban J connectivity index is 2.04. The zero-order chi connectivity index (χ0) is 12.3. The fourth-order valence-corrected chi connectivity index (χ4v) is 3.19. The molecule has 2 atom stereocenters. The second-order valence-corrected chi connectivity index (χ2v) is 6.20. The number of rotatable bonds is 7. The second-order valence-electron chi connectivity index (χ2n) is 5.17. The molecular weight excluding hydrogens is 228 g/mol. The second kappa shape index (κ2) is 5.98. The van der Waals surface area contributed by atoms with E-state index in [9.17, 15) is 0 Å². The molecule has 2 nitrogen and oxygen atoms in total. The van der Waals surface area contributed by atoms with Crippen molar-refractivity contribution in [1.29, 1.82) is 0 Å². The van der Waals surface area contributed by atoms with Gasteiger partial charge in [-0.1, -0.05) is 26.3 Å². The van der Waals surface area contributed by atoms with Gasteiger partial charge in [0.25, 0.3) is 0 Å². The summed E-state index contributed by atoms with van der Waals surface area (Å²) in [5.41, 5.74) is 6.01. The molecule has 1 heterocycles. The highest BCUT2D eigenvalue weighted by Crippen LogP contribution is 2.33. The molecule has 2 rings (SSSR count). The lowest BCUT2D eigenvalue weighted by Gasteiger charge is -2.34. The van der Waals surface area contributed by atoms with E-state index in [0.717, 1.165) is 19.1 Å². The molecule has 1 saturated carbocycles. The van der Waals surface area contributed by atoms with Crippen LogP contribution in [0.4, 0.5) is 0 Å². The lowest BCUT2D eigenvalue weighted by Crippen LogP contribution is -2.45. The highest BCUT2D eigenvalue weighted by atomic mass is 32.1. The van der Waals surface area contributed by atoms with Crippen LogP contribution in [0.1, 0.15) is 38.0 Å². The van der Waals surface area contributed by atoms with Gasteiger partial charge in [0.1, 0.15) is 0 Å². The lowest BCUT2D eigenvalue weighted by molar-refractivity contribution is 0.134. The van der Waals surface area contributed by atoms with Crippen molar-refractivity contribution in [2.24, 2.45) is 11.7 Å². The van der Waals surface area contributed by atoms with Crippen LogP contribution in [0.5, 0.6) is 0 Å². The van der Waals surface area contributed by atoms with Crippen molar-refractivity contribution in [3.63, 3.8) is 0 Å². The van der Waals surface area contributed by atoms with Crippen molar-refractivity contribution in [2.45, 2.75) is 51.7 Å². The lowest BCUT2D eigenvalue weighted by atomic mass is 9.97. The Morgan fingerprint density at radius 1 is 1.53 bits per heavy atom. The fourth-order valence-electron chi connectivity index (χ4n) is 2.47. The molecule has 96 valence electrons. The number of thiophene rings is 1. The molecule has 0 amide bonds. The molecule has 0 aromatic carbocycles. The van der Waals surface area contributed by atoms with E-state index < -0.39 is 0 Å². The molecule has 1 aromatic rings. The van der Waals surface area contributed by atoms with Gasteiger partial charge in [0.2, 0.25) is 0 Å². The minimum Gasteiger partial charge on any atom is -0.329 e. The third-order valence-electron chi connectivity index (χ3n) is 3.90. The van der Waals surface area contributed by atoms with Crippen molar-refractivity contribution in [3.05, 3.63) is 22.4 Å². The molecule has 2 unspecified atom stereocenters. The van der Waals surface area contributed by atoms with Crippen LogP contribution in [-0.4, -0.2) is 23.5 Å². The summed E-state index contributed by atoms with van der Waals surface area (Å²) in [5.74, 6) is 0.695. The molecule has 1 aliphatic rings. The summed E-state index contributed by atoms with van der Waals surface area (Å²) in [5, 5.41) is 2.17. The van der Waals surface area contributed by atoms with Gasteiger partial charge in [-0.2, -0.15) is 0 Å². The summed E-state index contributed by atoms with van der Waals surface area (Å²) in [6, 6.07) is 5.73.